The molecule has 3 aromatic rings. The van der Waals surface area contributed by atoms with Gasteiger partial charge in [-0.05, 0) is 74.9 Å². The molecule has 2 atom stereocenters. The maximum atomic E-state index is 13.7. The van der Waals surface area contributed by atoms with Gasteiger partial charge in [0.15, 0.2) is 6.61 Å². The SMILES string of the molecule is CC1(C)COC(CS[C@H]2C(=O)N(c3ccc(Cl)cc3)[C@@H]2c2ccc(OCC(=O)OC(C)(C)C)cc2)(c2ccc(Cl)cc2)OC1. The Labute approximate surface area is 273 Å². The molecule has 3 aromatic carbocycles. The number of hydrogen-bond donors (Lipinski definition) is 0. The zero-order valence-corrected chi connectivity index (χ0v) is 27.8. The Morgan fingerprint density at radius 3 is 2.07 bits per heavy atom. The number of carbonyl (C=O) groups excluding carboxylic acids is 2. The second-order valence-electron chi connectivity index (χ2n) is 12.8. The van der Waals surface area contributed by atoms with Crippen molar-refractivity contribution in [3.63, 3.8) is 0 Å². The molecule has 0 unspecified atom stereocenters. The summed E-state index contributed by atoms with van der Waals surface area (Å²) < 4.78 is 23.9. The Morgan fingerprint density at radius 1 is 0.932 bits per heavy atom. The molecule has 0 radical (unpaired) electrons. The van der Waals surface area contributed by atoms with Crippen LogP contribution < -0.4 is 9.64 Å². The molecule has 0 spiro atoms. The highest BCUT2D eigenvalue weighted by Gasteiger charge is 2.51. The molecule has 1 amide bonds. The van der Waals surface area contributed by atoms with Crippen molar-refractivity contribution in [3.05, 3.63) is 94.0 Å². The molecule has 0 aromatic heterocycles. The summed E-state index contributed by atoms with van der Waals surface area (Å²) in [6, 6.07) is 21.9. The predicted octanol–water partition coefficient (Wildman–Crippen LogP) is 7.83. The number of nitrogens with zero attached hydrogens (tertiary/aromatic N) is 1. The van der Waals surface area contributed by atoms with E-state index in [-0.39, 0.29) is 24.0 Å². The van der Waals surface area contributed by atoms with Crippen LogP contribution in [0, 0.1) is 5.41 Å². The van der Waals surface area contributed by atoms with E-state index in [1.54, 1.807) is 29.2 Å². The maximum absolute atomic E-state index is 13.7. The standard InChI is InChI=1S/C34H37Cl2NO6S/c1-32(2,3)43-28(38)18-40-27-16-6-22(7-17-27)29-30(31(39)37(29)26-14-12-25(36)13-15-26)44-21-34(23-8-10-24(35)11-9-23)41-19-33(4,5)20-42-34/h6-17,29-30H,18-21H2,1-5H3/t29-,30-/m1/s1. The first kappa shape index (κ1) is 32.6. The fourth-order valence-corrected chi connectivity index (χ4v) is 6.76. The largest absolute Gasteiger partial charge is 0.482 e. The molecule has 0 aliphatic carbocycles. The summed E-state index contributed by atoms with van der Waals surface area (Å²) in [6.45, 7) is 10.5. The zero-order valence-electron chi connectivity index (χ0n) is 25.5. The van der Waals surface area contributed by atoms with Crippen LogP contribution in [0.3, 0.4) is 0 Å². The highest BCUT2D eigenvalue weighted by atomic mass is 35.5. The summed E-state index contributed by atoms with van der Waals surface area (Å²) in [6.07, 6.45) is 0. The van der Waals surface area contributed by atoms with Crippen LogP contribution in [0.2, 0.25) is 10.0 Å². The minimum atomic E-state index is -1.02. The highest BCUT2D eigenvalue weighted by molar-refractivity contribution is 8.00. The number of anilines is 1. The number of ether oxygens (including phenoxy) is 4. The second-order valence-corrected chi connectivity index (χ2v) is 14.8. The molecule has 0 N–H and O–H groups in total. The van der Waals surface area contributed by atoms with Crippen LogP contribution in [-0.2, 0) is 29.6 Å². The Bertz CT molecular complexity index is 1460. The number of hydrogen-bond acceptors (Lipinski definition) is 7. The summed E-state index contributed by atoms with van der Waals surface area (Å²) in [4.78, 5) is 27.6. The van der Waals surface area contributed by atoms with Gasteiger partial charge in [0.2, 0.25) is 11.7 Å². The maximum Gasteiger partial charge on any atom is 0.344 e. The number of rotatable bonds is 9. The molecule has 0 bridgehead atoms. The topological polar surface area (TPSA) is 74.3 Å². The molecule has 2 aliphatic rings. The van der Waals surface area contributed by atoms with E-state index in [2.05, 4.69) is 13.8 Å². The lowest BCUT2D eigenvalue weighted by molar-refractivity contribution is -0.295. The lowest BCUT2D eigenvalue weighted by Gasteiger charge is -2.49. The van der Waals surface area contributed by atoms with Gasteiger partial charge in [-0.25, -0.2) is 4.79 Å². The van der Waals surface area contributed by atoms with Gasteiger partial charge in [-0.3, -0.25) is 4.79 Å². The normalized spacial score (nSPS) is 21.0. The number of thioether (sulfide) groups is 1. The van der Waals surface area contributed by atoms with E-state index >= 15 is 0 Å². The number of carbonyl (C=O) groups is 2. The smallest absolute Gasteiger partial charge is 0.344 e. The number of β-lactam (4-membered cyclic amide) rings is 1. The first-order valence-electron chi connectivity index (χ1n) is 14.4. The Kier molecular flexibility index (Phi) is 9.59. The van der Waals surface area contributed by atoms with E-state index in [1.807, 2.05) is 69.3 Å². The molecular weight excluding hydrogens is 621 g/mol. The molecular formula is C34H37Cl2NO6S. The third kappa shape index (κ3) is 7.54. The number of halogens is 2. The molecule has 7 nitrogen and oxygen atoms in total. The van der Waals surface area contributed by atoms with E-state index in [1.165, 1.54) is 11.8 Å². The van der Waals surface area contributed by atoms with E-state index in [0.29, 0.717) is 34.8 Å². The summed E-state index contributed by atoms with van der Waals surface area (Å²) in [5.74, 6) is -0.545. The van der Waals surface area contributed by atoms with Crippen molar-refractivity contribution in [3.8, 4) is 5.75 Å². The molecule has 44 heavy (non-hydrogen) atoms. The third-order valence-corrected chi connectivity index (χ3v) is 9.15. The molecule has 0 saturated carbocycles. The van der Waals surface area contributed by atoms with Crippen LogP contribution in [0.4, 0.5) is 5.69 Å². The van der Waals surface area contributed by atoms with Gasteiger partial charge in [-0.1, -0.05) is 61.3 Å². The summed E-state index contributed by atoms with van der Waals surface area (Å²) >= 11 is 13.8. The first-order valence-corrected chi connectivity index (χ1v) is 16.2. The lowest BCUT2D eigenvalue weighted by atomic mass is 9.92. The molecule has 2 aliphatic heterocycles. The van der Waals surface area contributed by atoms with Gasteiger partial charge in [-0.2, -0.15) is 0 Å². The Morgan fingerprint density at radius 2 is 1.50 bits per heavy atom. The third-order valence-electron chi connectivity index (χ3n) is 7.28. The van der Waals surface area contributed by atoms with Gasteiger partial charge in [0.25, 0.3) is 0 Å². The van der Waals surface area contributed by atoms with Crippen molar-refractivity contribution < 1.29 is 28.5 Å². The van der Waals surface area contributed by atoms with Gasteiger partial charge < -0.3 is 23.8 Å². The van der Waals surface area contributed by atoms with E-state index in [9.17, 15) is 9.59 Å². The summed E-state index contributed by atoms with van der Waals surface area (Å²) in [7, 11) is 0. The lowest BCUT2D eigenvalue weighted by Crippen LogP contribution is -2.58. The summed E-state index contributed by atoms with van der Waals surface area (Å²) in [5, 5.41) is 0.819. The predicted molar refractivity (Wildman–Crippen MR) is 175 cm³/mol. The van der Waals surface area contributed by atoms with Crippen LogP contribution in [0.5, 0.6) is 5.75 Å². The van der Waals surface area contributed by atoms with Gasteiger partial charge in [0.1, 0.15) is 16.6 Å². The minimum absolute atomic E-state index is 0.0185. The Hall–Kier alpha value is -2.75. The van der Waals surface area contributed by atoms with E-state index < -0.39 is 22.6 Å². The van der Waals surface area contributed by atoms with Crippen molar-refractivity contribution in [2.24, 2.45) is 5.41 Å². The van der Waals surface area contributed by atoms with Crippen molar-refractivity contribution in [1.82, 2.24) is 0 Å². The molecule has 2 heterocycles. The van der Waals surface area contributed by atoms with Crippen molar-refractivity contribution >= 4 is 52.5 Å². The average molecular weight is 659 g/mol. The van der Waals surface area contributed by atoms with E-state index in [0.717, 1.165) is 16.8 Å². The molecule has 234 valence electrons. The minimum Gasteiger partial charge on any atom is -0.482 e. The van der Waals surface area contributed by atoms with Crippen LogP contribution in [0.15, 0.2) is 72.8 Å². The van der Waals surface area contributed by atoms with Crippen molar-refractivity contribution in [2.75, 3.05) is 30.5 Å². The highest BCUT2D eigenvalue weighted by Crippen LogP contribution is 2.48. The quantitative estimate of drug-likeness (QED) is 0.171. The second kappa shape index (κ2) is 12.9. The fraction of sp³-hybridized carbons (Fsp3) is 0.412. The van der Waals surface area contributed by atoms with E-state index in [4.69, 9.17) is 42.1 Å². The van der Waals surface area contributed by atoms with Crippen molar-refractivity contribution in [1.29, 1.82) is 0 Å². The first-order chi connectivity index (χ1) is 20.8. The van der Waals surface area contributed by atoms with Crippen LogP contribution in [0.1, 0.15) is 51.8 Å². The average Bonchev–Trinajstić information content (AvgIpc) is 2.97. The number of benzene rings is 3. The molecule has 5 rings (SSSR count). The number of amides is 1. The summed E-state index contributed by atoms with van der Waals surface area (Å²) in [5.41, 5.74) is 1.82. The van der Waals surface area contributed by atoms with Crippen LogP contribution in [-0.4, -0.2) is 48.3 Å². The van der Waals surface area contributed by atoms with Crippen LogP contribution >= 0.6 is 35.0 Å². The van der Waals surface area contributed by atoms with Gasteiger partial charge in [0, 0.05) is 26.7 Å². The van der Waals surface area contributed by atoms with Gasteiger partial charge in [-0.15, -0.1) is 11.8 Å². The molecule has 2 fully saturated rings. The van der Waals surface area contributed by atoms with Crippen molar-refractivity contribution in [2.45, 2.75) is 57.3 Å². The number of esters is 1. The molecule has 10 heteroatoms. The molecule has 2 saturated heterocycles. The fourth-order valence-electron chi connectivity index (χ4n) is 5.06. The Balaban J connectivity index is 1.37. The monoisotopic (exact) mass is 657 g/mol. The van der Waals surface area contributed by atoms with Gasteiger partial charge >= 0.3 is 5.97 Å². The van der Waals surface area contributed by atoms with Gasteiger partial charge in [0.05, 0.1) is 25.0 Å². The van der Waals surface area contributed by atoms with Crippen LogP contribution in [0.25, 0.3) is 0 Å². The zero-order chi connectivity index (χ0) is 31.7.